The van der Waals surface area contributed by atoms with Crippen LogP contribution in [-0.2, 0) is 4.79 Å². The van der Waals surface area contributed by atoms with Gasteiger partial charge in [0.2, 0.25) is 5.91 Å². The molecule has 28 heavy (non-hydrogen) atoms. The minimum Gasteiger partial charge on any atom is -0.497 e. The van der Waals surface area contributed by atoms with Crippen molar-refractivity contribution >= 4 is 46.4 Å². The van der Waals surface area contributed by atoms with Gasteiger partial charge in [-0.15, -0.1) is 0 Å². The first-order valence-electron chi connectivity index (χ1n) is 8.14. The summed E-state index contributed by atoms with van der Waals surface area (Å²) in [5.41, 5.74) is 3.54. The topological polar surface area (TPSA) is 89.0 Å². The first kappa shape index (κ1) is 21.5. The zero-order chi connectivity index (χ0) is 20.7. The van der Waals surface area contributed by atoms with Gasteiger partial charge in [0.1, 0.15) is 11.5 Å². The Kier molecular flexibility index (Phi) is 7.66. The van der Waals surface area contributed by atoms with Crippen LogP contribution in [0.1, 0.15) is 23.7 Å². The molecule has 0 aliphatic rings. The number of methoxy groups -OCH3 is 2. The van der Waals surface area contributed by atoms with Gasteiger partial charge in [-0.25, -0.2) is 5.43 Å². The number of carbonyl (C=O) groups is 2. The molecule has 0 unspecified atom stereocenters. The summed E-state index contributed by atoms with van der Waals surface area (Å²) in [6.07, 6.45) is -0.0288. The number of hydrazone groups is 1. The summed E-state index contributed by atoms with van der Waals surface area (Å²) in [6.45, 7) is 1.62. The quantitative estimate of drug-likeness (QED) is 0.517. The van der Waals surface area contributed by atoms with Gasteiger partial charge in [-0.2, -0.15) is 5.10 Å². The van der Waals surface area contributed by atoms with E-state index in [1.165, 1.54) is 20.3 Å². The molecule has 2 aromatic rings. The number of benzene rings is 2. The van der Waals surface area contributed by atoms with Gasteiger partial charge in [0.25, 0.3) is 5.91 Å². The third-order valence-electron chi connectivity index (χ3n) is 3.62. The maximum Gasteiger partial charge on any atom is 0.275 e. The molecule has 9 heteroatoms. The van der Waals surface area contributed by atoms with Gasteiger partial charge in [0, 0.05) is 16.8 Å². The predicted molar refractivity (Wildman–Crippen MR) is 110 cm³/mol. The van der Waals surface area contributed by atoms with Crippen molar-refractivity contribution < 1.29 is 19.1 Å². The first-order chi connectivity index (χ1) is 13.3. The normalized spacial score (nSPS) is 11.0. The van der Waals surface area contributed by atoms with E-state index in [-0.39, 0.29) is 17.9 Å². The highest BCUT2D eigenvalue weighted by molar-refractivity contribution is 6.36. The van der Waals surface area contributed by atoms with Crippen molar-refractivity contribution in [3.8, 4) is 11.5 Å². The number of amides is 2. The molecule has 0 aliphatic carbocycles. The van der Waals surface area contributed by atoms with Crippen molar-refractivity contribution in [2.75, 3.05) is 19.5 Å². The molecule has 148 valence electrons. The fourth-order valence-corrected chi connectivity index (χ4v) is 2.71. The maximum absolute atomic E-state index is 12.3. The molecule has 0 saturated heterocycles. The Morgan fingerprint density at radius 3 is 2.46 bits per heavy atom. The summed E-state index contributed by atoms with van der Waals surface area (Å²) in [5.74, 6) is 0.104. The molecular formula is C19H19Cl2N3O4. The Morgan fingerprint density at radius 1 is 1.07 bits per heavy atom. The Balaban J connectivity index is 1.98. The average molecular weight is 424 g/mol. The predicted octanol–water partition coefficient (Wildman–Crippen LogP) is 4.15. The van der Waals surface area contributed by atoms with Crippen LogP contribution in [0.2, 0.25) is 10.0 Å². The van der Waals surface area contributed by atoms with Crippen molar-refractivity contribution in [3.63, 3.8) is 0 Å². The van der Waals surface area contributed by atoms with Crippen molar-refractivity contribution in [2.24, 2.45) is 5.10 Å². The van der Waals surface area contributed by atoms with E-state index in [2.05, 4.69) is 15.8 Å². The molecule has 0 fully saturated rings. The third-order valence-corrected chi connectivity index (χ3v) is 4.17. The van der Waals surface area contributed by atoms with Crippen LogP contribution in [0.25, 0.3) is 0 Å². The molecule has 0 radical (unpaired) electrons. The third kappa shape index (κ3) is 5.87. The smallest absolute Gasteiger partial charge is 0.275 e. The molecule has 2 amide bonds. The number of halogens is 2. The number of ether oxygens (including phenoxy) is 2. The van der Waals surface area contributed by atoms with Crippen LogP contribution in [-0.4, -0.2) is 31.7 Å². The van der Waals surface area contributed by atoms with Gasteiger partial charge in [0.05, 0.1) is 36.9 Å². The minimum atomic E-state index is -0.472. The van der Waals surface area contributed by atoms with Crippen LogP contribution in [0, 0.1) is 0 Å². The highest BCUT2D eigenvalue weighted by Crippen LogP contribution is 2.26. The van der Waals surface area contributed by atoms with E-state index < -0.39 is 5.91 Å². The fourth-order valence-electron chi connectivity index (χ4n) is 2.25. The highest BCUT2D eigenvalue weighted by atomic mass is 35.5. The Bertz CT molecular complexity index is 916. The lowest BCUT2D eigenvalue weighted by Crippen LogP contribution is -2.22. The second-order valence-corrected chi connectivity index (χ2v) is 6.55. The number of nitrogens with zero attached hydrogens (tertiary/aromatic N) is 1. The van der Waals surface area contributed by atoms with E-state index in [0.29, 0.717) is 32.9 Å². The van der Waals surface area contributed by atoms with Crippen LogP contribution in [0.15, 0.2) is 41.5 Å². The number of hydrogen-bond acceptors (Lipinski definition) is 5. The molecule has 0 bridgehead atoms. The SMILES string of the molecule is COc1ccc(C(=O)N/N=C(\C)CC(=O)Nc2ccc(Cl)cc2Cl)c(OC)c1. The lowest BCUT2D eigenvalue weighted by atomic mass is 10.2. The molecule has 0 saturated carbocycles. The van der Waals surface area contributed by atoms with Crippen molar-refractivity contribution in [2.45, 2.75) is 13.3 Å². The fraction of sp³-hybridized carbons (Fsp3) is 0.211. The molecule has 0 aromatic heterocycles. The van der Waals surface area contributed by atoms with Crippen molar-refractivity contribution in [1.29, 1.82) is 0 Å². The second-order valence-electron chi connectivity index (χ2n) is 5.70. The van der Waals surface area contributed by atoms with Gasteiger partial charge in [-0.3, -0.25) is 9.59 Å². The van der Waals surface area contributed by atoms with Gasteiger partial charge in [0.15, 0.2) is 0 Å². The Labute approximate surface area is 172 Å². The van der Waals surface area contributed by atoms with Gasteiger partial charge >= 0.3 is 0 Å². The van der Waals surface area contributed by atoms with Crippen LogP contribution in [0.3, 0.4) is 0 Å². The van der Waals surface area contributed by atoms with E-state index in [1.54, 1.807) is 37.3 Å². The summed E-state index contributed by atoms with van der Waals surface area (Å²) in [6, 6.07) is 9.54. The minimum absolute atomic E-state index is 0.0288. The summed E-state index contributed by atoms with van der Waals surface area (Å²) >= 11 is 11.8. The van der Waals surface area contributed by atoms with E-state index in [9.17, 15) is 9.59 Å². The van der Waals surface area contributed by atoms with Crippen LogP contribution >= 0.6 is 23.2 Å². The molecule has 0 atom stereocenters. The van der Waals surface area contributed by atoms with Gasteiger partial charge < -0.3 is 14.8 Å². The van der Waals surface area contributed by atoms with Crippen molar-refractivity contribution in [3.05, 3.63) is 52.0 Å². The molecule has 2 N–H and O–H groups in total. The monoisotopic (exact) mass is 423 g/mol. The zero-order valence-corrected chi connectivity index (χ0v) is 17.0. The number of rotatable bonds is 7. The lowest BCUT2D eigenvalue weighted by molar-refractivity contribution is -0.115. The summed E-state index contributed by atoms with van der Waals surface area (Å²) in [5, 5.41) is 7.41. The average Bonchev–Trinajstić information content (AvgIpc) is 2.67. The lowest BCUT2D eigenvalue weighted by Gasteiger charge is -2.10. The zero-order valence-electron chi connectivity index (χ0n) is 15.5. The molecule has 2 rings (SSSR count). The standard InChI is InChI=1S/C19H19Cl2N3O4/c1-11(8-18(25)22-16-7-4-12(20)9-15(16)21)23-24-19(26)14-6-5-13(27-2)10-17(14)28-3/h4-7,9-10H,8H2,1-3H3,(H,22,25)(H,24,26)/b23-11+. The van der Waals surface area contributed by atoms with E-state index >= 15 is 0 Å². The first-order valence-corrected chi connectivity index (χ1v) is 8.90. The molecule has 0 spiro atoms. The largest absolute Gasteiger partial charge is 0.497 e. The molecule has 0 aliphatic heterocycles. The molecular weight excluding hydrogens is 405 g/mol. The van der Waals surface area contributed by atoms with Crippen LogP contribution in [0.4, 0.5) is 5.69 Å². The number of carbonyl (C=O) groups excluding carboxylic acids is 2. The molecule has 7 nitrogen and oxygen atoms in total. The van der Waals surface area contributed by atoms with Crippen molar-refractivity contribution in [1.82, 2.24) is 5.43 Å². The second kappa shape index (κ2) is 9.96. The van der Waals surface area contributed by atoms with E-state index in [0.717, 1.165) is 0 Å². The van der Waals surface area contributed by atoms with E-state index in [1.807, 2.05) is 0 Å². The Hall–Kier alpha value is -2.77. The Morgan fingerprint density at radius 2 is 1.82 bits per heavy atom. The van der Waals surface area contributed by atoms with Crippen LogP contribution < -0.4 is 20.2 Å². The summed E-state index contributed by atoms with van der Waals surface area (Å²) in [4.78, 5) is 24.4. The maximum atomic E-state index is 12.3. The molecule has 2 aromatic carbocycles. The number of nitrogens with one attached hydrogen (secondary N) is 2. The highest BCUT2D eigenvalue weighted by Gasteiger charge is 2.13. The van der Waals surface area contributed by atoms with Crippen LogP contribution in [0.5, 0.6) is 11.5 Å². The summed E-state index contributed by atoms with van der Waals surface area (Å²) < 4.78 is 10.3. The molecule has 0 heterocycles. The summed E-state index contributed by atoms with van der Waals surface area (Å²) in [7, 11) is 2.97. The number of anilines is 1. The van der Waals surface area contributed by atoms with Gasteiger partial charge in [-0.05, 0) is 37.3 Å². The van der Waals surface area contributed by atoms with Gasteiger partial charge in [-0.1, -0.05) is 23.2 Å². The number of hydrogen-bond donors (Lipinski definition) is 2. The van der Waals surface area contributed by atoms with E-state index in [4.69, 9.17) is 32.7 Å².